The van der Waals surface area contributed by atoms with Gasteiger partial charge >= 0.3 is 5.97 Å². The molecule has 2 aromatic rings. The van der Waals surface area contributed by atoms with E-state index in [1.54, 1.807) is 11.8 Å². The average molecular weight is 356 g/mol. The normalized spacial score (nSPS) is 18.4. The van der Waals surface area contributed by atoms with Crippen LogP contribution in [-0.4, -0.2) is 35.3 Å². The molecule has 2 aromatic carbocycles. The Kier molecular flexibility index (Phi) is 6.54. The van der Waals surface area contributed by atoms with Gasteiger partial charge in [0.1, 0.15) is 0 Å². The number of ether oxygens (including phenoxy) is 1. The second-order valence-electron chi connectivity index (χ2n) is 6.29. The second kappa shape index (κ2) is 9.07. The number of carbonyl (C=O) groups is 1. The Hall–Kier alpha value is -1.78. The van der Waals surface area contributed by atoms with Gasteiger partial charge in [-0.1, -0.05) is 48.5 Å². The molecule has 0 saturated carbocycles. The molecule has 0 N–H and O–H groups in total. The van der Waals surface area contributed by atoms with Crippen molar-refractivity contribution in [1.82, 2.24) is 4.90 Å². The van der Waals surface area contributed by atoms with Crippen molar-refractivity contribution in [1.29, 1.82) is 0 Å². The quantitative estimate of drug-likeness (QED) is 0.519. The van der Waals surface area contributed by atoms with E-state index >= 15 is 0 Å². The van der Waals surface area contributed by atoms with Crippen LogP contribution >= 0.6 is 11.8 Å². The van der Waals surface area contributed by atoms with Gasteiger partial charge in [0.25, 0.3) is 0 Å². The van der Waals surface area contributed by atoms with E-state index in [2.05, 4.69) is 41.3 Å². The molecule has 0 radical (unpaired) electrons. The topological polar surface area (TPSA) is 29.5 Å². The lowest BCUT2D eigenvalue weighted by molar-refractivity contribution is -0.143. The van der Waals surface area contributed by atoms with Crippen molar-refractivity contribution in [3.05, 3.63) is 66.2 Å². The third-order valence-corrected chi connectivity index (χ3v) is 5.87. The lowest BCUT2D eigenvalue weighted by Crippen LogP contribution is -2.53. The second-order valence-corrected chi connectivity index (χ2v) is 7.60. The summed E-state index contributed by atoms with van der Waals surface area (Å²) < 4.78 is 5.21. The van der Waals surface area contributed by atoms with Crippen molar-refractivity contribution in [3.8, 4) is 0 Å². The fourth-order valence-corrected chi connectivity index (χ4v) is 4.56. The molecule has 3 nitrogen and oxygen atoms in total. The number of esters is 1. The number of rotatable bonds is 8. The molecule has 0 spiro atoms. The number of benzene rings is 2. The summed E-state index contributed by atoms with van der Waals surface area (Å²) in [4.78, 5) is 15.8. The van der Waals surface area contributed by atoms with Crippen molar-refractivity contribution in [2.45, 2.75) is 42.5 Å². The Morgan fingerprint density at radius 3 is 2.44 bits per heavy atom. The minimum absolute atomic E-state index is 0.0949. The molecule has 132 valence electrons. The van der Waals surface area contributed by atoms with Crippen LogP contribution in [0, 0.1) is 0 Å². The van der Waals surface area contributed by atoms with Crippen molar-refractivity contribution in [2.75, 3.05) is 13.2 Å². The molecular formula is C21H25NO2S. The predicted octanol–water partition coefficient (Wildman–Crippen LogP) is 4.38. The van der Waals surface area contributed by atoms with Crippen LogP contribution in [0.25, 0.3) is 0 Å². The third-order valence-electron chi connectivity index (χ3n) is 4.54. The Bertz CT molecular complexity index is 662. The summed E-state index contributed by atoms with van der Waals surface area (Å²) in [6, 6.07) is 21.3. The zero-order chi connectivity index (χ0) is 17.5. The van der Waals surface area contributed by atoms with Crippen molar-refractivity contribution < 1.29 is 9.53 Å². The molecule has 1 heterocycles. The molecule has 1 saturated heterocycles. The number of hydrogen-bond donors (Lipinski definition) is 0. The fourth-order valence-electron chi connectivity index (χ4n) is 3.21. The summed E-state index contributed by atoms with van der Waals surface area (Å²) in [5, 5.41) is 0.221. The van der Waals surface area contributed by atoms with Crippen LogP contribution < -0.4 is 0 Å². The van der Waals surface area contributed by atoms with Gasteiger partial charge in [-0.2, -0.15) is 0 Å². The highest BCUT2D eigenvalue weighted by molar-refractivity contribution is 8.00. The van der Waals surface area contributed by atoms with E-state index in [4.69, 9.17) is 4.74 Å². The average Bonchev–Trinajstić information content (AvgIpc) is 2.61. The molecular weight excluding hydrogens is 330 g/mol. The summed E-state index contributed by atoms with van der Waals surface area (Å²) in [6.07, 6.45) is 1.60. The number of nitrogens with zero attached hydrogens (tertiary/aromatic N) is 1. The maximum Gasteiger partial charge on any atom is 0.306 e. The Balaban J connectivity index is 1.68. The fraction of sp³-hybridized carbons (Fsp3) is 0.381. The Morgan fingerprint density at radius 2 is 1.84 bits per heavy atom. The lowest BCUT2D eigenvalue weighted by atomic mass is 9.96. The largest absolute Gasteiger partial charge is 0.466 e. The molecule has 3 rings (SSSR count). The first kappa shape index (κ1) is 18.0. The predicted molar refractivity (Wildman–Crippen MR) is 103 cm³/mol. The first-order chi connectivity index (χ1) is 12.3. The zero-order valence-corrected chi connectivity index (χ0v) is 15.5. The maximum absolute atomic E-state index is 12.1. The maximum atomic E-state index is 12.1. The molecule has 1 aliphatic heterocycles. The van der Waals surface area contributed by atoms with Crippen molar-refractivity contribution >= 4 is 17.7 Å². The van der Waals surface area contributed by atoms with E-state index in [-0.39, 0.29) is 11.2 Å². The molecule has 0 aromatic heterocycles. The summed E-state index contributed by atoms with van der Waals surface area (Å²) >= 11 is 1.80. The molecule has 0 amide bonds. The zero-order valence-electron chi connectivity index (χ0n) is 14.6. The van der Waals surface area contributed by atoms with E-state index in [0.29, 0.717) is 19.1 Å². The highest BCUT2D eigenvalue weighted by Gasteiger charge is 2.36. The molecule has 0 unspecified atom stereocenters. The third kappa shape index (κ3) is 5.10. The minimum atomic E-state index is -0.0949. The molecule has 0 aliphatic carbocycles. The molecule has 1 fully saturated rings. The molecule has 4 heteroatoms. The van der Waals surface area contributed by atoms with Crippen LogP contribution in [0.1, 0.15) is 25.3 Å². The monoisotopic (exact) mass is 355 g/mol. The first-order valence-electron chi connectivity index (χ1n) is 8.91. The number of carbonyl (C=O) groups excluding carboxylic acids is 1. The minimum Gasteiger partial charge on any atom is -0.466 e. The van der Waals surface area contributed by atoms with Gasteiger partial charge in [-0.15, -0.1) is 11.8 Å². The molecule has 0 bridgehead atoms. The first-order valence-corrected chi connectivity index (χ1v) is 9.79. The van der Waals surface area contributed by atoms with Gasteiger partial charge < -0.3 is 4.74 Å². The molecule has 2 atom stereocenters. The van der Waals surface area contributed by atoms with Crippen LogP contribution in [0.4, 0.5) is 0 Å². The van der Waals surface area contributed by atoms with Gasteiger partial charge in [-0.3, -0.25) is 9.69 Å². The summed E-state index contributed by atoms with van der Waals surface area (Å²) in [5.41, 5.74) is 1.33. The summed E-state index contributed by atoms with van der Waals surface area (Å²) in [6.45, 7) is 4.34. The van der Waals surface area contributed by atoms with Gasteiger partial charge in [0.05, 0.1) is 13.0 Å². The lowest BCUT2D eigenvalue weighted by Gasteiger charge is -2.45. The summed E-state index contributed by atoms with van der Waals surface area (Å²) in [7, 11) is 0. The van der Waals surface area contributed by atoms with Gasteiger partial charge in [-0.05, 0) is 31.0 Å². The van der Waals surface area contributed by atoms with Gasteiger partial charge in [0, 0.05) is 29.3 Å². The SMILES string of the molecule is CCOC(=O)C[C@@H](Sc1ccccc1)[C@H]1CCN1Cc1ccccc1. The Morgan fingerprint density at radius 1 is 1.16 bits per heavy atom. The van der Waals surface area contributed by atoms with Crippen molar-refractivity contribution in [2.24, 2.45) is 0 Å². The molecule has 25 heavy (non-hydrogen) atoms. The highest BCUT2D eigenvalue weighted by Crippen LogP contribution is 2.36. The van der Waals surface area contributed by atoms with Crippen LogP contribution in [-0.2, 0) is 16.1 Å². The number of likely N-dealkylation sites (tertiary alicyclic amines) is 1. The van der Waals surface area contributed by atoms with Crippen LogP contribution in [0.5, 0.6) is 0 Å². The standard InChI is InChI=1S/C21H25NO2S/c1-2-24-21(23)15-20(25-18-11-7-4-8-12-18)19-13-14-22(19)16-17-9-5-3-6-10-17/h3-12,19-20H,2,13-16H2,1H3/t19-,20-/m1/s1. The highest BCUT2D eigenvalue weighted by atomic mass is 32.2. The van der Waals surface area contributed by atoms with E-state index in [0.717, 1.165) is 19.5 Å². The van der Waals surface area contributed by atoms with Crippen LogP contribution in [0.2, 0.25) is 0 Å². The van der Waals surface area contributed by atoms with E-state index in [1.165, 1.54) is 10.5 Å². The Labute approximate surface area is 154 Å². The van der Waals surface area contributed by atoms with Crippen LogP contribution in [0.3, 0.4) is 0 Å². The number of hydrogen-bond acceptors (Lipinski definition) is 4. The van der Waals surface area contributed by atoms with Gasteiger partial charge in [0.2, 0.25) is 0 Å². The summed E-state index contributed by atoms with van der Waals surface area (Å²) in [5.74, 6) is -0.0949. The van der Waals surface area contributed by atoms with Crippen molar-refractivity contribution in [3.63, 3.8) is 0 Å². The van der Waals surface area contributed by atoms with Gasteiger partial charge in [-0.25, -0.2) is 0 Å². The smallest absolute Gasteiger partial charge is 0.306 e. The van der Waals surface area contributed by atoms with Crippen LogP contribution in [0.15, 0.2) is 65.6 Å². The van der Waals surface area contributed by atoms with E-state index in [1.807, 2.05) is 31.2 Å². The van der Waals surface area contributed by atoms with E-state index < -0.39 is 0 Å². The van der Waals surface area contributed by atoms with Gasteiger partial charge in [0.15, 0.2) is 0 Å². The molecule has 1 aliphatic rings. The van der Waals surface area contributed by atoms with E-state index in [9.17, 15) is 4.79 Å². The number of thioether (sulfide) groups is 1.